The summed E-state index contributed by atoms with van der Waals surface area (Å²) in [7, 11) is 0. The van der Waals surface area contributed by atoms with Crippen molar-refractivity contribution in [3.05, 3.63) is 11.8 Å². The van der Waals surface area contributed by atoms with Crippen molar-refractivity contribution in [2.75, 3.05) is 6.54 Å². The fraction of sp³-hybridized carbons (Fsp3) is 0.429. The Hall–Kier alpha value is -0.970. The van der Waals surface area contributed by atoms with Crippen LogP contribution >= 0.6 is 12.8 Å². The molecule has 4 nitrogen and oxygen atoms in total. The van der Waals surface area contributed by atoms with E-state index in [0.717, 1.165) is 10.7 Å². The molecule has 1 aliphatic rings. The minimum absolute atomic E-state index is 0.330. The van der Waals surface area contributed by atoms with Crippen LogP contribution in [0.4, 0.5) is 0 Å². The molecule has 12 heavy (non-hydrogen) atoms. The van der Waals surface area contributed by atoms with Gasteiger partial charge in [-0.2, -0.15) is 0 Å². The van der Waals surface area contributed by atoms with Gasteiger partial charge < -0.3 is 5.32 Å². The molecule has 5 heteroatoms. The average molecular weight is 186 g/mol. The Bertz CT molecular complexity index is 250. The highest BCUT2D eigenvalue weighted by molar-refractivity contribution is 7.79. The van der Waals surface area contributed by atoms with Crippen molar-refractivity contribution < 1.29 is 9.59 Å². The summed E-state index contributed by atoms with van der Waals surface area (Å²) in [5, 5.41) is 2.84. The highest BCUT2D eigenvalue weighted by Gasteiger charge is 2.28. The van der Waals surface area contributed by atoms with Crippen molar-refractivity contribution in [2.24, 2.45) is 0 Å². The zero-order chi connectivity index (χ0) is 9.14. The molecule has 0 unspecified atom stereocenters. The predicted octanol–water partition coefficient (Wildman–Crippen LogP) is 0.0835. The zero-order valence-electron chi connectivity index (χ0n) is 6.70. The lowest BCUT2D eigenvalue weighted by Crippen LogP contribution is -2.26. The lowest BCUT2D eigenvalue weighted by atomic mass is 10.4. The molecule has 0 aliphatic carbocycles. The second-order valence-electron chi connectivity index (χ2n) is 2.44. The standard InChI is InChI=1S/C7H10N2O2S/c1-2-3-8-5-4-6(10)9(12)7(5)11/h4,8,12H,2-3H2,1H3. The van der Waals surface area contributed by atoms with Gasteiger partial charge in [0, 0.05) is 12.6 Å². The Balaban J connectivity index is 2.61. The number of hydrogen-bond acceptors (Lipinski definition) is 4. The molecule has 1 rings (SSSR count). The van der Waals surface area contributed by atoms with Crippen LogP contribution in [0.5, 0.6) is 0 Å². The third-order valence-electron chi connectivity index (χ3n) is 1.46. The Morgan fingerprint density at radius 2 is 2.25 bits per heavy atom. The number of rotatable bonds is 3. The van der Waals surface area contributed by atoms with E-state index in [2.05, 4.69) is 18.1 Å². The molecule has 0 aromatic heterocycles. The number of thiol groups is 1. The Morgan fingerprint density at radius 1 is 1.58 bits per heavy atom. The third kappa shape index (κ3) is 1.61. The van der Waals surface area contributed by atoms with Crippen molar-refractivity contribution in [3.8, 4) is 0 Å². The number of imide groups is 1. The summed E-state index contributed by atoms with van der Waals surface area (Å²) >= 11 is 3.71. The predicted molar refractivity (Wildman–Crippen MR) is 47.2 cm³/mol. The van der Waals surface area contributed by atoms with Crippen LogP contribution in [0.15, 0.2) is 11.8 Å². The van der Waals surface area contributed by atoms with Gasteiger partial charge in [-0.05, 0) is 6.42 Å². The summed E-state index contributed by atoms with van der Waals surface area (Å²) in [5.41, 5.74) is 0.330. The Morgan fingerprint density at radius 3 is 2.67 bits per heavy atom. The highest BCUT2D eigenvalue weighted by Crippen LogP contribution is 2.11. The maximum Gasteiger partial charge on any atom is 0.286 e. The molecule has 1 aliphatic heterocycles. The van der Waals surface area contributed by atoms with Crippen LogP contribution in [0, 0.1) is 0 Å². The molecule has 0 bridgehead atoms. The van der Waals surface area contributed by atoms with Gasteiger partial charge in [0.05, 0.1) is 0 Å². The number of amides is 2. The van der Waals surface area contributed by atoms with Crippen LogP contribution in [0.2, 0.25) is 0 Å². The molecule has 1 heterocycles. The van der Waals surface area contributed by atoms with Gasteiger partial charge in [0.15, 0.2) is 0 Å². The van der Waals surface area contributed by atoms with Crippen molar-refractivity contribution in [1.82, 2.24) is 9.62 Å². The van der Waals surface area contributed by atoms with Gasteiger partial charge in [0.25, 0.3) is 11.8 Å². The van der Waals surface area contributed by atoms with E-state index in [1.54, 1.807) is 0 Å². The molecule has 0 saturated heterocycles. The molecule has 66 valence electrons. The maximum atomic E-state index is 11.1. The van der Waals surface area contributed by atoms with E-state index in [9.17, 15) is 9.59 Å². The molecule has 0 spiro atoms. The highest BCUT2D eigenvalue weighted by atomic mass is 32.1. The zero-order valence-corrected chi connectivity index (χ0v) is 7.60. The molecule has 2 amide bonds. The number of nitrogens with zero attached hydrogens (tertiary/aromatic N) is 1. The number of carbonyl (C=O) groups is 2. The molecular formula is C7H10N2O2S. The quantitative estimate of drug-likeness (QED) is 0.485. The van der Waals surface area contributed by atoms with Gasteiger partial charge in [0.2, 0.25) is 0 Å². The molecular weight excluding hydrogens is 176 g/mol. The summed E-state index contributed by atoms with van der Waals surface area (Å²) in [6.45, 7) is 2.67. The molecule has 0 saturated carbocycles. The van der Waals surface area contributed by atoms with Gasteiger partial charge in [0.1, 0.15) is 5.70 Å². The van der Waals surface area contributed by atoms with Crippen LogP contribution in [0.3, 0.4) is 0 Å². The van der Waals surface area contributed by atoms with E-state index >= 15 is 0 Å². The van der Waals surface area contributed by atoms with E-state index < -0.39 is 0 Å². The van der Waals surface area contributed by atoms with Crippen molar-refractivity contribution in [2.45, 2.75) is 13.3 Å². The Kier molecular flexibility index (Phi) is 2.75. The van der Waals surface area contributed by atoms with E-state index in [1.165, 1.54) is 6.08 Å². The van der Waals surface area contributed by atoms with Crippen LogP contribution in [-0.4, -0.2) is 22.7 Å². The first kappa shape index (κ1) is 9.12. The maximum absolute atomic E-state index is 11.1. The average Bonchev–Trinajstić information content (AvgIpc) is 2.30. The molecule has 0 aromatic carbocycles. The molecule has 0 atom stereocenters. The van der Waals surface area contributed by atoms with Crippen LogP contribution < -0.4 is 5.32 Å². The third-order valence-corrected chi connectivity index (χ3v) is 1.84. The number of hydrogen-bond donors (Lipinski definition) is 2. The monoisotopic (exact) mass is 186 g/mol. The van der Waals surface area contributed by atoms with E-state index in [0.29, 0.717) is 12.2 Å². The van der Waals surface area contributed by atoms with Crippen molar-refractivity contribution in [1.29, 1.82) is 0 Å². The van der Waals surface area contributed by atoms with Crippen LogP contribution in [0.1, 0.15) is 13.3 Å². The minimum atomic E-state index is -0.387. The number of nitrogens with one attached hydrogen (secondary N) is 1. The molecule has 1 N–H and O–H groups in total. The topological polar surface area (TPSA) is 49.4 Å². The molecule has 0 radical (unpaired) electrons. The van der Waals surface area contributed by atoms with Crippen LogP contribution in [-0.2, 0) is 9.59 Å². The fourth-order valence-corrected chi connectivity index (χ4v) is 1.01. The lowest BCUT2D eigenvalue weighted by Gasteiger charge is -2.06. The summed E-state index contributed by atoms with van der Waals surface area (Å²) < 4.78 is 0.790. The first-order valence-corrected chi connectivity index (χ1v) is 4.09. The SMILES string of the molecule is CCCNC1=CC(=O)N(S)C1=O. The van der Waals surface area contributed by atoms with Crippen LogP contribution in [0.25, 0.3) is 0 Å². The first-order valence-electron chi connectivity index (χ1n) is 3.69. The lowest BCUT2D eigenvalue weighted by molar-refractivity contribution is -0.130. The van der Waals surface area contributed by atoms with Crippen molar-refractivity contribution >= 4 is 24.6 Å². The fourth-order valence-electron chi connectivity index (χ4n) is 0.847. The van der Waals surface area contributed by atoms with Crippen molar-refractivity contribution in [3.63, 3.8) is 0 Å². The van der Waals surface area contributed by atoms with E-state index in [1.807, 2.05) is 6.92 Å². The second kappa shape index (κ2) is 3.62. The summed E-state index contributed by atoms with van der Waals surface area (Å²) in [5.74, 6) is -0.765. The largest absolute Gasteiger partial charge is 0.380 e. The van der Waals surface area contributed by atoms with Gasteiger partial charge in [-0.25, -0.2) is 4.31 Å². The molecule has 0 fully saturated rings. The normalized spacial score (nSPS) is 16.8. The van der Waals surface area contributed by atoms with Gasteiger partial charge in [-0.15, -0.1) is 0 Å². The van der Waals surface area contributed by atoms with E-state index in [4.69, 9.17) is 0 Å². The van der Waals surface area contributed by atoms with Gasteiger partial charge in [-0.1, -0.05) is 19.7 Å². The second-order valence-corrected chi connectivity index (χ2v) is 2.84. The summed E-state index contributed by atoms with van der Waals surface area (Å²) in [6, 6.07) is 0. The Labute approximate surface area is 76.2 Å². The number of carbonyl (C=O) groups excluding carboxylic acids is 2. The summed E-state index contributed by atoms with van der Waals surface area (Å²) in [4.78, 5) is 22.0. The first-order chi connectivity index (χ1) is 5.66. The van der Waals surface area contributed by atoms with Gasteiger partial charge >= 0.3 is 0 Å². The minimum Gasteiger partial charge on any atom is -0.380 e. The molecule has 0 aromatic rings. The summed E-state index contributed by atoms with van der Waals surface area (Å²) in [6.07, 6.45) is 2.16. The van der Waals surface area contributed by atoms with E-state index in [-0.39, 0.29) is 11.8 Å². The van der Waals surface area contributed by atoms with Gasteiger partial charge in [-0.3, -0.25) is 9.59 Å². The smallest absolute Gasteiger partial charge is 0.286 e.